The summed E-state index contributed by atoms with van der Waals surface area (Å²) in [6, 6.07) is 2.78. The van der Waals surface area contributed by atoms with Crippen molar-refractivity contribution in [3.8, 4) is 0 Å². The average Bonchev–Trinajstić information content (AvgIpc) is 3.16. The summed E-state index contributed by atoms with van der Waals surface area (Å²) < 4.78 is 54.4. The highest BCUT2D eigenvalue weighted by molar-refractivity contribution is 7.59. The van der Waals surface area contributed by atoms with Crippen LogP contribution in [0.3, 0.4) is 0 Å². The number of carbonyl (C=O) groups excluding carboxylic acids is 2. The van der Waals surface area contributed by atoms with Crippen molar-refractivity contribution >= 4 is 42.5 Å². The number of hydrogen-bond donors (Lipinski definition) is 0. The van der Waals surface area contributed by atoms with E-state index in [0.717, 1.165) is 18.3 Å². The second kappa shape index (κ2) is 9.38. The lowest BCUT2D eigenvalue weighted by atomic mass is 10.00. The molecule has 2 aromatic heterocycles. The first kappa shape index (κ1) is 25.7. The molecule has 1 amide bonds. The van der Waals surface area contributed by atoms with Crippen molar-refractivity contribution in [2.24, 2.45) is 0 Å². The van der Waals surface area contributed by atoms with E-state index in [1.54, 1.807) is 6.92 Å². The second-order valence-corrected chi connectivity index (χ2v) is 8.19. The summed E-state index contributed by atoms with van der Waals surface area (Å²) in [7, 11) is 0. The number of halogens is 5. The lowest BCUT2D eigenvalue weighted by Crippen LogP contribution is -2.43. The average molecular weight is 515 g/mol. The molecule has 0 saturated heterocycles. The van der Waals surface area contributed by atoms with Gasteiger partial charge in [0.1, 0.15) is 11.5 Å². The Morgan fingerprint density at radius 1 is 1.24 bits per heavy atom. The third kappa shape index (κ3) is 4.54. The number of amides is 1. The van der Waals surface area contributed by atoms with Gasteiger partial charge in [-0.1, -0.05) is 11.6 Å². The Labute approximate surface area is 204 Å². The van der Waals surface area contributed by atoms with E-state index in [-0.39, 0.29) is 55.0 Å². The van der Waals surface area contributed by atoms with Crippen molar-refractivity contribution in [2.75, 3.05) is 11.4 Å². The van der Waals surface area contributed by atoms with Crippen LogP contribution in [0.5, 0.6) is 0 Å². The molecule has 3 aromatic rings. The number of carbonyl (C=O) groups is 2. The quantitative estimate of drug-likeness (QED) is 0.356. The zero-order chi connectivity index (χ0) is 24.1. The number of Topliss-reactive ketones (excluding diaryl/α,β-unsaturated/α-hetero) is 1. The van der Waals surface area contributed by atoms with E-state index in [9.17, 15) is 27.2 Å². The van der Waals surface area contributed by atoms with Crippen LogP contribution in [-0.4, -0.2) is 33.0 Å². The number of pyridine rings is 1. The van der Waals surface area contributed by atoms with E-state index in [1.165, 1.54) is 35.0 Å². The molecule has 3 heterocycles. The Morgan fingerprint density at radius 2 is 1.94 bits per heavy atom. The molecule has 0 fully saturated rings. The van der Waals surface area contributed by atoms with Gasteiger partial charge in [0.25, 0.3) is 5.91 Å². The van der Waals surface area contributed by atoms with Crippen molar-refractivity contribution in [2.45, 2.75) is 32.5 Å². The van der Waals surface area contributed by atoms with Gasteiger partial charge in [-0.3, -0.25) is 19.3 Å². The minimum absolute atomic E-state index is 0. The number of alkyl halides is 3. The molecule has 0 spiro atoms. The Bertz CT molecular complexity index is 1280. The normalized spacial score (nSPS) is 15.7. The monoisotopic (exact) mass is 514 g/mol. The minimum atomic E-state index is -4.62. The number of nitrogens with zero attached hydrogens (tertiary/aromatic N) is 4. The molecular formula is C22H19ClF4N4O2S. The molecule has 0 N–H and O–H groups in total. The van der Waals surface area contributed by atoms with Crippen LogP contribution in [0.15, 0.2) is 36.8 Å². The Kier molecular flexibility index (Phi) is 7.09. The van der Waals surface area contributed by atoms with Gasteiger partial charge in [0.2, 0.25) is 0 Å². The predicted molar refractivity (Wildman–Crippen MR) is 122 cm³/mol. The zero-order valence-electron chi connectivity index (χ0n) is 18.0. The maximum Gasteiger partial charge on any atom is 0.417 e. The predicted octanol–water partition coefficient (Wildman–Crippen LogP) is 5.16. The van der Waals surface area contributed by atoms with Gasteiger partial charge in [-0.25, -0.2) is 4.39 Å². The molecule has 1 atom stereocenters. The Hall–Kier alpha value is -2.92. The van der Waals surface area contributed by atoms with E-state index >= 15 is 0 Å². The topological polar surface area (TPSA) is 68.1 Å². The van der Waals surface area contributed by atoms with Crippen LogP contribution in [0.1, 0.15) is 50.5 Å². The Balaban J connectivity index is 0.00000324. The molecule has 1 aliphatic heterocycles. The SMILES string of the molecule is Cc1c(F)cncc1C(=O)Cc1cnn2c1C(=O)N(c1ccc(C(F)(F)F)c(Cl)c1)C[C@@H]2C.S. The number of aromatic nitrogens is 3. The maximum atomic E-state index is 13.8. The lowest BCUT2D eigenvalue weighted by Gasteiger charge is -2.32. The van der Waals surface area contributed by atoms with Crippen LogP contribution in [0.2, 0.25) is 5.02 Å². The fourth-order valence-electron chi connectivity index (χ4n) is 3.82. The summed E-state index contributed by atoms with van der Waals surface area (Å²) in [5, 5.41) is 3.70. The summed E-state index contributed by atoms with van der Waals surface area (Å²) in [5.74, 6) is -1.59. The number of hydrogen-bond acceptors (Lipinski definition) is 4. The van der Waals surface area contributed by atoms with Crippen molar-refractivity contribution in [3.63, 3.8) is 0 Å². The lowest BCUT2D eigenvalue weighted by molar-refractivity contribution is -0.137. The molecule has 34 heavy (non-hydrogen) atoms. The number of fused-ring (bicyclic) bond motifs is 1. The fourth-order valence-corrected chi connectivity index (χ4v) is 4.10. The van der Waals surface area contributed by atoms with Gasteiger partial charge in [-0.05, 0) is 37.6 Å². The summed E-state index contributed by atoms with van der Waals surface area (Å²) in [6.45, 7) is 3.39. The summed E-state index contributed by atoms with van der Waals surface area (Å²) in [6.07, 6.45) is -1.18. The van der Waals surface area contributed by atoms with Crippen molar-refractivity contribution in [3.05, 3.63) is 75.6 Å². The summed E-state index contributed by atoms with van der Waals surface area (Å²) >= 11 is 5.84. The van der Waals surface area contributed by atoms with Crippen LogP contribution >= 0.6 is 25.1 Å². The smallest absolute Gasteiger partial charge is 0.305 e. The van der Waals surface area contributed by atoms with E-state index in [4.69, 9.17) is 11.6 Å². The zero-order valence-corrected chi connectivity index (χ0v) is 19.7. The van der Waals surface area contributed by atoms with Gasteiger partial charge in [-0.2, -0.15) is 31.8 Å². The third-order valence-corrected chi connectivity index (χ3v) is 5.87. The first-order valence-electron chi connectivity index (χ1n) is 9.87. The van der Waals surface area contributed by atoms with Gasteiger partial charge in [0, 0.05) is 36.0 Å². The van der Waals surface area contributed by atoms with Gasteiger partial charge in [0.05, 0.1) is 29.0 Å². The van der Waals surface area contributed by atoms with Gasteiger partial charge in [-0.15, -0.1) is 0 Å². The van der Waals surface area contributed by atoms with Crippen molar-refractivity contribution in [1.82, 2.24) is 14.8 Å². The second-order valence-electron chi connectivity index (χ2n) is 7.78. The Morgan fingerprint density at radius 3 is 2.59 bits per heavy atom. The molecule has 12 heteroatoms. The highest BCUT2D eigenvalue weighted by Gasteiger charge is 2.36. The van der Waals surface area contributed by atoms with Crippen LogP contribution in [0, 0.1) is 12.7 Å². The molecule has 6 nitrogen and oxygen atoms in total. The van der Waals surface area contributed by atoms with Gasteiger partial charge < -0.3 is 4.90 Å². The van der Waals surface area contributed by atoms with Crippen LogP contribution in [0.4, 0.5) is 23.2 Å². The first-order valence-corrected chi connectivity index (χ1v) is 10.2. The molecule has 1 aliphatic rings. The van der Waals surface area contributed by atoms with Crippen LogP contribution in [0.25, 0.3) is 0 Å². The molecule has 0 bridgehead atoms. The number of rotatable bonds is 4. The van der Waals surface area contributed by atoms with E-state index in [2.05, 4.69) is 10.1 Å². The molecule has 1 aromatic carbocycles. The highest BCUT2D eigenvalue weighted by atomic mass is 35.5. The van der Waals surface area contributed by atoms with Gasteiger partial charge >= 0.3 is 6.18 Å². The minimum Gasteiger partial charge on any atom is -0.305 e. The number of ketones is 1. The van der Waals surface area contributed by atoms with Crippen LogP contribution < -0.4 is 4.90 Å². The van der Waals surface area contributed by atoms with Gasteiger partial charge in [0.15, 0.2) is 5.78 Å². The molecular weight excluding hydrogens is 496 g/mol. The highest BCUT2D eigenvalue weighted by Crippen LogP contribution is 2.38. The van der Waals surface area contributed by atoms with Crippen molar-refractivity contribution < 1.29 is 27.2 Å². The number of benzene rings is 1. The van der Waals surface area contributed by atoms with E-state index < -0.39 is 34.3 Å². The van der Waals surface area contributed by atoms with Crippen molar-refractivity contribution in [1.29, 1.82) is 0 Å². The summed E-state index contributed by atoms with van der Waals surface area (Å²) in [4.78, 5) is 31.1. The molecule has 0 unspecified atom stereocenters. The third-order valence-electron chi connectivity index (χ3n) is 5.56. The maximum absolute atomic E-state index is 13.8. The molecule has 0 saturated carbocycles. The molecule has 0 aliphatic carbocycles. The molecule has 180 valence electrons. The van der Waals surface area contributed by atoms with E-state index in [0.29, 0.717) is 5.56 Å². The first-order chi connectivity index (χ1) is 15.5. The summed E-state index contributed by atoms with van der Waals surface area (Å²) in [5.41, 5.74) is -0.0988. The molecule has 0 radical (unpaired) electrons. The fraction of sp³-hybridized carbons (Fsp3) is 0.273. The standard InChI is InChI=1S/C22H17ClF4N4O2.H2S/c1-11-10-30(14-3-4-16(17(23)6-14)22(25,26)27)21(33)20-13(7-29-31(11)20)5-19(32)15-8-28-9-18(24)12(15)2;/h3-4,6-9,11H,5,10H2,1-2H3;1H2/t11-;/m0./s1. The van der Waals surface area contributed by atoms with Crippen LogP contribution in [-0.2, 0) is 12.6 Å². The largest absolute Gasteiger partial charge is 0.417 e. The van der Waals surface area contributed by atoms with E-state index in [1.807, 2.05) is 0 Å². The number of anilines is 1. The molecule has 4 rings (SSSR count).